The smallest absolute Gasteiger partial charge is 0.340 e. The van der Waals surface area contributed by atoms with Gasteiger partial charge in [0.15, 0.2) is 0 Å². The summed E-state index contributed by atoms with van der Waals surface area (Å²) in [7, 11) is 0. The molecule has 3 aromatic heterocycles. The zero-order chi connectivity index (χ0) is 19.8. The maximum Gasteiger partial charge on any atom is 0.340 e. The van der Waals surface area contributed by atoms with Crippen LogP contribution < -0.4 is 10.9 Å². The topological polar surface area (TPSA) is 85.3 Å². The predicted molar refractivity (Wildman–Crippen MR) is 106 cm³/mol. The molecule has 0 radical (unpaired) electrons. The molecule has 0 aliphatic heterocycles. The number of aryl methyl sites for hydroxylation is 3. The Kier molecular flexibility index (Phi) is 4.47. The first-order valence-corrected chi connectivity index (χ1v) is 9.06. The number of amides is 1. The molecule has 4 rings (SSSR count). The van der Waals surface area contributed by atoms with Crippen LogP contribution in [0.1, 0.15) is 28.1 Å². The minimum absolute atomic E-state index is 0.0433. The van der Waals surface area contributed by atoms with Crippen LogP contribution in [-0.4, -0.2) is 10.9 Å². The van der Waals surface area contributed by atoms with Crippen molar-refractivity contribution in [3.8, 4) is 0 Å². The highest BCUT2D eigenvalue weighted by Crippen LogP contribution is 2.30. The van der Waals surface area contributed by atoms with E-state index < -0.39 is 5.63 Å². The number of aromatic nitrogens is 1. The Balaban J connectivity index is 1.66. The van der Waals surface area contributed by atoms with Gasteiger partial charge in [0.25, 0.3) is 0 Å². The van der Waals surface area contributed by atoms with Crippen LogP contribution >= 0.6 is 0 Å². The lowest BCUT2D eigenvalue weighted by molar-refractivity contribution is -0.120. The molecule has 0 unspecified atom stereocenters. The lowest BCUT2D eigenvalue weighted by Gasteiger charge is -2.09. The highest BCUT2D eigenvalue weighted by molar-refractivity contribution is 5.97. The number of fused-ring (bicyclic) bond motifs is 2. The van der Waals surface area contributed by atoms with Crippen LogP contribution in [0.4, 0.5) is 0 Å². The average Bonchev–Trinajstić information content (AvgIpc) is 2.96. The van der Waals surface area contributed by atoms with E-state index in [0.29, 0.717) is 23.3 Å². The SMILES string of the molecule is Cc1oc2cc3oc(=O)c(CC(=O)NCc4ccccn4)c(C)c3cc2c1C. The number of hydrogen-bond acceptors (Lipinski definition) is 5. The Morgan fingerprint density at radius 1 is 1.04 bits per heavy atom. The molecule has 0 aliphatic rings. The zero-order valence-corrected chi connectivity index (χ0v) is 16.0. The van der Waals surface area contributed by atoms with Gasteiger partial charge >= 0.3 is 5.63 Å². The number of rotatable bonds is 4. The molecule has 4 aromatic rings. The van der Waals surface area contributed by atoms with E-state index in [1.165, 1.54) is 0 Å². The van der Waals surface area contributed by atoms with Gasteiger partial charge in [-0.2, -0.15) is 0 Å². The summed E-state index contributed by atoms with van der Waals surface area (Å²) < 4.78 is 11.2. The molecule has 0 atom stereocenters. The molecule has 142 valence electrons. The van der Waals surface area contributed by atoms with E-state index in [1.807, 2.05) is 45.0 Å². The number of benzene rings is 1. The van der Waals surface area contributed by atoms with Crippen molar-refractivity contribution in [2.75, 3.05) is 0 Å². The number of pyridine rings is 1. The molecule has 6 nitrogen and oxygen atoms in total. The third-order valence-electron chi connectivity index (χ3n) is 5.11. The standard InChI is InChI=1S/C22H20N2O4/c1-12-14(3)27-19-10-20-17(8-16(12)19)13(2)18(22(26)28-20)9-21(25)24-11-15-6-4-5-7-23-15/h4-8,10H,9,11H2,1-3H3,(H,24,25). The number of nitrogens with one attached hydrogen (secondary N) is 1. The Morgan fingerprint density at radius 3 is 2.54 bits per heavy atom. The predicted octanol–water partition coefficient (Wildman–Crippen LogP) is 3.72. The van der Waals surface area contributed by atoms with Crippen LogP contribution in [0.2, 0.25) is 0 Å². The second kappa shape index (κ2) is 6.96. The highest BCUT2D eigenvalue weighted by atomic mass is 16.4. The van der Waals surface area contributed by atoms with E-state index in [9.17, 15) is 9.59 Å². The fourth-order valence-corrected chi connectivity index (χ4v) is 3.34. The number of hydrogen-bond donors (Lipinski definition) is 1. The molecule has 28 heavy (non-hydrogen) atoms. The lowest BCUT2D eigenvalue weighted by atomic mass is 10.0. The zero-order valence-electron chi connectivity index (χ0n) is 16.0. The first kappa shape index (κ1) is 18.0. The van der Waals surface area contributed by atoms with Gasteiger partial charge < -0.3 is 14.2 Å². The van der Waals surface area contributed by atoms with Gasteiger partial charge in [0.05, 0.1) is 24.2 Å². The fraction of sp³-hybridized carbons (Fsp3) is 0.227. The molecule has 6 heteroatoms. The third-order valence-corrected chi connectivity index (χ3v) is 5.11. The molecule has 3 heterocycles. The van der Waals surface area contributed by atoms with Crippen molar-refractivity contribution in [3.63, 3.8) is 0 Å². The Bertz CT molecular complexity index is 1250. The van der Waals surface area contributed by atoms with Crippen molar-refractivity contribution < 1.29 is 13.6 Å². The van der Waals surface area contributed by atoms with Crippen molar-refractivity contribution >= 4 is 27.8 Å². The molecule has 0 aliphatic carbocycles. The van der Waals surface area contributed by atoms with Crippen LogP contribution in [0, 0.1) is 20.8 Å². The first-order chi connectivity index (χ1) is 13.4. The maximum atomic E-state index is 12.5. The summed E-state index contributed by atoms with van der Waals surface area (Å²) in [6.07, 6.45) is 1.63. The summed E-state index contributed by atoms with van der Waals surface area (Å²) in [6, 6.07) is 9.20. The number of carbonyl (C=O) groups excluding carboxylic acids is 1. The van der Waals surface area contributed by atoms with Gasteiger partial charge in [-0.1, -0.05) is 6.07 Å². The molecule has 0 fully saturated rings. The molecular formula is C22H20N2O4. The van der Waals surface area contributed by atoms with Gasteiger partial charge in [-0.05, 0) is 50.1 Å². The van der Waals surface area contributed by atoms with Crippen molar-refractivity contribution in [2.24, 2.45) is 0 Å². The Morgan fingerprint density at radius 2 is 1.79 bits per heavy atom. The van der Waals surface area contributed by atoms with Crippen LogP contribution in [0.3, 0.4) is 0 Å². The summed E-state index contributed by atoms with van der Waals surface area (Å²) in [4.78, 5) is 29.0. The minimum atomic E-state index is -0.502. The van der Waals surface area contributed by atoms with E-state index in [0.717, 1.165) is 33.4 Å². The quantitative estimate of drug-likeness (QED) is 0.549. The van der Waals surface area contributed by atoms with E-state index >= 15 is 0 Å². The minimum Gasteiger partial charge on any atom is -0.461 e. The highest BCUT2D eigenvalue weighted by Gasteiger charge is 2.17. The Hall–Kier alpha value is -3.41. The summed E-state index contributed by atoms with van der Waals surface area (Å²) in [5.41, 5.74) is 3.57. The summed E-state index contributed by atoms with van der Waals surface area (Å²) >= 11 is 0. The van der Waals surface area contributed by atoms with E-state index in [-0.39, 0.29) is 12.3 Å². The molecule has 1 N–H and O–H groups in total. The second-order valence-corrected chi connectivity index (χ2v) is 6.90. The van der Waals surface area contributed by atoms with Gasteiger partial charge in [-0.3, -0.25) is 9.78 Å². The molecule has 1 amide bonds. The molecule has 0 saturated heterocycles. The molecule has 0 saturated carbocycles. The largest absolute Gasteiger partial charge is 0.461 e. The van der Waals surface area contributed by atoms with Crippen molar-refractivity contribution in [1.82, 2.24) is 10.3 Å². The van der Waals surface area contributed by atoms with Crippen molar-refractivity contribution in [3.05, 3.63) is 75.1 Å². The average molecular weight is 376 g/mol. The number of furan rings is 1. The van der Waals surface area contributed by atoms with Gasteiger partial charge in [-0.15, -0.1) is 0 Å². The normalized spacial score (nSPS) is 11.2. The summed E-state index contributed by atoms with van der Waals surface area (Å²) in [6.45, 7) is 6.05. The molecule has 0 spiro atoms. The summed E-state index contributed by atoms with van der Waals surface area (Å²) in [5.74, 6) is 0.580. The monoisotopic (exact) mass is 376 g/mol. The third kappa shape index (κ3) is 3.17. The lowest BCUT2D eigenvalue weighted by Crippen LogP contribution is -2.27. The second-order valence-electron chi connectivity index (χ2n) is 6.90. The van der Waals surface area contributed by atoms with Crippen LogP contribution in [-0.2, 0) is 17.8 Å². The van der Waals surface area contributed by atoms with Crippen LogP contribution in [0.25, 0.3) is 21.9 Å². The summed E-state index contributed by atoms with van der Waals surface area (Å²) in [5, 5.41) is 4.58. The van der Waals surface area contributed by atoms with E-state index in [2.05, 4.69) is 10.3 Å². The Labute approximate surface area is 161 Å². The van der Waals surface area contributed by atoms with Crippen molar-refractivity contribution in [1.29, 1.82) is 0 Å². The maximum absolute atomic E-state index is 12.5. The molecular weight excluding hydrogens is 356 g/mol. The molecule has 0 bridgehead atoms. The van der Waals surface area contributed by atoms with Gasteiger partial charge in [-0.25, -0.2) is 4.79 Å². The van der Waals surface area contributed by atoms with E-state index in [1.54, 1.807) is 12.3 Å². The van der Waals surface area contributed by atoms with Crippen molar-refractivity contribution in [2.45, 2.75) is 33.7 Å². The number of carbonyl (C=O) groups is 1. The first-order valence-electron chi connectivity index (χ1n) is 9.06. The van der Waals surface area contributed by atoms with Gasteiger partial charge in [0.2, 0.25) is 5.91 Å². The number of nitrogens with zero attached hydrogens (tertiary/aromatic N) is 1. The molecule has 1 aromatic carbocycles. The van der Waals surface area contributed by atoms with Gasteiger partial charge in [0, 0.05) is 23.0 Å². The van der Waals surface area contributed by atoms with E-state index in [4.69, 9.17) is 8.83 Å². The fourth-order valence-electron chi connectivity index (χ4n) is 3.34. The van der Waals surface area contributed by atoms with Crippen LogP contribution in [0.15, 0.2) is 50.2 Å². The van der Waals surface area contributed by atoms with Crippen LogP contribution in [0.5, 0.6) is 0 Å². The van der Waals surface area contributed by atoms with Gasteiger partial charge in [0.1, 0.15) is 16.9 Å².